The first kappa shape index (κ1) is 8.89. The molecule has 1 aromatic rings. The van der Waals surface area contributed by atoms with Gasteiger partial charge in [0.15, 0.2) is 0 Å². The van der Waals surface area contributed by atoms with Crippen molar-refractivity contribution in [3.63, 3.8) is 0 Å². The molecular weight excluding hydrogens is 156 g/mol. The molecule has 0 radical (unpaired) electrons. The topological polar surface area (TPSA) is 84.1 Å². The highest BCUT2D eigenvalue weighted by atomic mass is 16.3. The second-order valence-corrected chi connectivity index (χ2v) is 2.33. The second kappa shape index (κ2) is 4.63. The van der Waals surface area contributed by atoms with Crippen LogP contribution in [0.5, 0.6) is 0 Å². The van der Waals surface area contributed by atoms with E-state index in [1.165, 1.54) is 6.33 Å². The summed E-state index contributed by atoms with van der Waals surface area (Å²) in [5, 5.41) is 11.5. The molecule has 1 rings (SSSR count). The molecule has 0 atom stereocenters. The zero-order chi connectivity index (χ0) is 8.81. The molecule has 0 amide bonds. The lowest BCUT2D eigenvalue weighted by Crippen LogP contribution is -2.18. The maximum Gasteiger partial charge on any atom is 0.127 e. The van der Waals surface area contributed by atoms with Crippen molar-refractivity contribution in [1.82, 2.24) is 15.3 Å². The Kier molecular flexibility index (Phi) is 3.43. The molecule has 4 N–H and O–H groups in total. The van der Waals surface area contributed by atoms with E-state index in [4.69, 9.17) is 10.8 Å². The Balaban J connectivity index is 2.41. The Labute approximate surface area is 70.6 Å². The summed E-state index contributed by atoms with van der Waals surface area (Å²) in [4.78, 5) is 7.73. The van der Waals surface area contributed by atoms with E-state index < -0.39 is 0 Å². The van der Waals surface area contributed by atoms with Crippen LogP contribution in [0.2, 0.25) is 0 Å². The molecule has 5 nitrogen and oxygen atoms in total. The molecule has 66 valence electrons. The molecule has 0 saturated heterocycles. The van der Waals surface area contributed by atoms with Gasteiger partial charge in [-0.25, -0.2) is 9.97 Å². The molecule has 0 aliphatic heterocycles. The Bertz CT molecular complexity index is 241. The minimum absolute atomic E-state index is 0.126. The Morgan fingerprint density at radius 3 is 3.00 bits per heavy atom. The molecular formula is C7H12N4O. The summed E-state index contributed by atoms with van der Waals surface area (Å²) in [6.45, 7) is 1.29. The number of anilines is 1. The summed E-state index contributed by atoms with van der Waals surface area (Å²) in [6, 6.07) is 1.70. The number of nitrogens with zero attached hydrogens (tertiary/aromatic N) is 2. The number of nitrogens with two attached hydrogens (primary N) is 1. The molecule has 0 saturated carbocycles. The zero-order valence-corrected chi connectivity index (χ0v) is 6.70. The zero-order valence-electron chi connectivity index (χ0n) is 6.70. The number of hydrogen-bond donors (Lipinski definition) is 3. The minimum atomic E-state index is 0.126. The van der Waals surface area contributed by atoms with Crippen LogP contribution in [-0.2, 0) is 6.54 Å². The molecule has 1 heterocycles. The average molecular weight is 168 g/mol. The molecule has 0 fully saturated rings. The first-order valence-electron chi connectivity index (χ1n) is 3.71. The molecule has 0 bridgehead atoms. The van der Waals surface area contributed by atoms with Gasteiger partial charge in [-0.2, -0.15) is 0 Å². The Morgan fingerprint density at radius 1 is 1.50 bits per heavy atom. The number of nitrogens with one attached hydrogen (secondary N) is 1. The van der Waals surface area contributed by atoms with E-state index in [-0.39, 0.29) is 6.61 Å². The summed E-state index contributed by atoms with van der Waals surface area (Å²) in [6.07, 6.45) is 1.42. The first-order valence-corrected chi connectivity index (χ1v) is 3.71. The van der Waals surface area contributed by atoms with Crippen LogP contribution in [-0.4, -0.2) is 28.2 Å². The molecule has 0 aliphatic carbocycles. The summed E-state index contributed by atoms with van der Waals surface area (Å²) < 4.78 is 0. The van der Waals surface area contributed by atoms with Crippen molar-refractivity contribution in [2.75, 3.05) is 18.9 Å². The van der Waals surface area contributed by atoms with Gasteiger partial charge in [-0.15, -0.1) is 0 Å². The largest absolute Gasteiger partial charge is 0.395 e. The van der Waals surface area contributed by atoms with Crippen LogP contribution in [0.4, 0.5) is 5.82 Å². The molecule has 0 spiro atoms. The summed E-state index contributed by atoms with van der Waals surface area (Å²) in [5.74, 6) is 0.464. The van der Waals surface area contributed by atoms with Crippen LogP contribution in [0.15, 0.2) is 12.4 Å². The van der Waals surface area contributed by atoms with Crippen LogP contribution in [0.3, 0.4) is 0 Å². The lowest BCUT2D eigenvalue weighted by molar-refractivity contribution is 0.291. The summed E-state index contributed by atoms with van der Waals surface area (Å²) >= 11 is 0. The maximum absolute atomic E-state index is 8.48. The fraction of sp³-hybridized carbons (Fsp3) is 0.429. The molecule has 0 unspecified atom stereocenters. The Morgan fingerprint density at radius 2 is 2.33 bits per heavy atom. The third kappa shape index (κ3) is 2.81. The van der Waals surface area contributed by atoms with E-state index in [2.05, 4.69) is 15.3 Å². The monoisotopic (exact) mass is 168 g/mol. The van der Waals surface area contributed by atoms with Crippen molar-refractivity contribution in [1.29, 1.82) is 0 Å². The van der Waals surface area contributed by atoms with Gasteiger partial charge in [-0.1, -0.05) is 0 Å². The van der Waals surface area contributed by atoms with Gasteiger partial charge in [0.2, 0.25) is 0 Å². The number of hydrogen-bond acceptors (Lipinski definition) is 5. The van der Waals surface area contributed by atoms with Crippen molar-refractivity contribution in [3.05, 3.63) is 18.1 Å². The lowest BCUT2D eigenvalue weighted by atomic mass is 10.4. The van der Waals surface area contributed by atoms with E-state index in [0.29, 0.717) is 18.9 Å². The van der Waals surface area contributed by atoms with Crippen LogP contribution >= 0.6 is 0 Å². The molecule has 1 aromatic heterocycles. The molecule has 12 heavy (non-hydrogen) atoms. The van der Waals surface area contributed by atoms with Crippen molar-refractivity contribution in [2.45, 2.75) is 6.54 Å². The lowest BCUT2D eigenvalue weighted by Gasteiger charge is -2.01. The van der Waals surface area contributed by atoms with Gasteiger partial charge in [0.05, 0.1) is 12.3 Å². The van der Waals surface area contributed by atoms with Gasteiger partial charge in [0.25, 0.3) is 0 Å². The number of aliphatic hydroxyl groups is 1. The predicted octanol–water partition coefficient (Wildman–Crippen LogP) is -0.859. The van der Waals surface area contributed by atoms with Crippen molar-refractivity contribution < 1.29 is 5.11 Å². The van der Waals surface area contributed by atoms with Gasteiger partial charge in [-0.3, -0.25) is 0 Å². The van der Waals surface area contributed by atoms with Gasteiger partial charge in [0.1, 0.15) is 12.1 Å². The average Bonchev–Trinajstić information content (AvgIpc) is 2.05. The van der Waals surface area contributed by atoms with E-state index in [1.807, 2.05) is 0 Å². The van der Waals surface area contributed by atoms with Crippen LogP contribution in [0.1, 0.15) is 5.69 Å². The highest BCUT2D eigenvalue weighted by molar-refractivity contribution is 5.27. The highest BCUT2D eigenvalue weighted by Gasteiger charge is 1.93. The maximum atomic E-state index is 8.48. The second-order valence-electron chi connectivity index (χ2n) is 2.33. The summed E-state index contributed by atoms with van der Waals surface area (Å²) in [7, 11) is 0. The van der Waals surface area contributed by atoms with Crippen LogP contribution in [0, 0.1) is 0 Å². The quantitative estimate of drug-likeness (QED) is 0.509. The van der Waals surface area contributed by atoms with Gasteiger partial charge >= 0.3 is 0 Å². The van der Waals surface area contributed by atoms with Crippen LogP contribution in [0.25, 0.3) is 0 Å². The fourth-order valence-electron chi connectivity index (χ4n) is 0.807. The SMILES string of the molecule is Nc1cc(CNCCO)ncn1. The molecule has 5 heteroatoms. The van der Waals surface area contributed by atoms with Crippen molar-refractivity contribution in [2.24, 2.45) is 0 Å². The normalized spacial score (nSPS) is 10.1. The van der Waals surface area contributed by atoms with Gasteiger partial charge in [0, 0.05) is 19.2 Å². The van der Waals surface area contributed by atoms with Crippen LogP contribution < -0.4 is 11.1 Å². The highest BCUT2D eigenvalue weighted by Crippen LogP contribution is 1.97. The van der Waals surface area contributed by atoms with E-state index in [9.17, 15) is 0 Å². The molecule has 0 aliphatic rings. The fourth-order valence-corrected chi connectivity index (χ4v) is 0.807. The van der Waals surface area contributed by atoms with Gasteiger partial charge in [-0.05, 0) is 0 Å². The third-order valence-electron chi connectivity index (χ3n) is 1.34. The molecule has 0 aromatic carbocycles. The van der Waals surface area contributed by atoms with Crippen molar-refractivity contribution >= 4 is 5.82 Å². The van der Waals surface area contributed by atoms with Crippen molar-refractivity contribution in [3.8, 4) is 0 Å². The number of aromatic nitrogens is 2. The number of rotatable bonds is 4. The van der Waals surface area contributed by atoms with E-state index in [0.717, 1.165) is 5.69 Å². The standard InChI is InChI=1S/C7H12N4O/c8-7-3-6(10-5-11-7)4-9-1-2-12/h3,5,9,12H,1-2,4H2,(H2,8,10,11). The third-order valence-corrected chi connectivity index (χ3v) is 1.34. The number of nitrogen functional groups attached to an aromatic ring is 1. The number of aliphatic hydroxyl groups excluding tert-OH is 1. The van der Waals surface area contributed by atoms with Gasteiger partial charge < -0.3 is 16.2 Å². The summed E-state index contributed by atoms with van der Waals surface area (Å²) in [5.41, 5.74) is 6.26. The predicted molar refractivity (Wildman–Crippen MR) is 45.2 cm³/mol. The minimum Gasteiger partial charge on any atom is -0.395 e. The van der Waals surface area contributed by atoms with E-state index >= 15 is 0 Å². The van der Waals surface area contributed by atoms with E-state index in [1.54, 1.807) is 6.07 Å². The smallest absolute Gasteiger partial charge is 0.127 e. The first-order chi connectivity index (χ1) is 5.83. The Hall–Kier alpha value is -1.20.